The molecule has 0 aliphatic carbocycles. The molecule has 0 radical (unpaired) electrons. The van der Waals surface area contributed by atoms with Crippen molar-refractivity contribution in [3.8, 4) is 0 Å². The molecule has 0 amide bonds. The smallest absolute Gasteiger partial charge is 0.768 e. The predicted molar refractivity (Wildman–Crippen MR) is 51.1 cm³/mol. The second-order valence-corrected chi connectivity index (χ2v) is 4.99. The van der Waals surface area contributed by atoms with E-state index in [9.17, 15) is 30.7 Å². The van der Waals surface area contributed by atoms with E-state index in [1.807, 2.05) is 0 Å². The SMILES string of the molecule is O=S([O-])C(F)(F)C(F)(F)Sc1ccc(F)cc1.[Cs+]. The van der Waals surface area contributed by atoms with E-state index in [0.29, 0.717) is 0 Å². The number of rotatable bonds is 4. The molecule has 1 atom stereocenters. The molecular weight excluding hydrogens is 420 g/mol. The Balaban J connectivity index is 0.00000289. The first-order valence-electron chi connectivity index (χ1n) is 3.96. The molecule has 1 unspecified atom stereocenters. The van der Waals surface area contributed by atoms with Gasteiger partial charge in [0.2, 0.25) is 0 Å². The predicted octanol–water partition coefficient (Wildman–Crippen LogP) is -0.0135. The van der Waals surface area contributed by atoms with Crippen LogP contribution >= 0.6 is 11.8 Å². The van der Waals surface area contributed by atoms with Gasteiger partial charge in [-0.15, -0.1) is 0 Å². The van der Waals surface area contributed by atoms with E-state index in [-0.39, 0.29) is 73.8 Å². The fraction of sp³-hybridized carbons (Fsp3) is 0.250. The Morgan fingerprint density at radius 2 is 1.56 bits per heavy atom. The van der Waals surface area contributed by atoms with E-state index >= 15 is 0 Å². The van der Waals surface area contributed by atoms with Gasteiger partial charge in [0.25, 0.3) is 0 Å². The van der Waals surface area contributed by atoms with Gasteiger partial charge >= 0.3 is 79.4 Å². The van der Waals surface area contributed by atoms with E-state index in [1.165, 1.54) is 0 Å². The molecule has 0 aliphatic rings. The van der Waals surface area contributed by atoms with Crippen molar-refractivity contribution in [2.24, 2.45) is 0 Å². The van der Waals surface area contributed by atoms with Crippen molar-refractivity contribution in [3.05, 3.63) is 30.1 Å². The first kappa shape index (κ1) is 19.4. The standard InChI is InChI=1S/C8H5F5O2S2.Cs/c9-5-1-3-6(4-2-5)16-7(10,11)8(12,13)17(14)15;/h1-4H,(H,14,15);/q;+1/p-1. The third kappa shape index (κ3) is 4.74. The van der Waals surface area contributed by atoms with E-state index in [1.54, 1.807) is 0 Å². The van der Waals surface area contributed by atoms with Gasteiger partial charge in [-0.05, 0) is 36.0 Å². The second-order valence-electron chi connectivity index (χ2n) is 2.82. The molecular formula is C8H4CsF5O2S2. The van der Waals surface area contributed by atoms with Gasteiger partial charge < -0.3 is 4.55 Å². The Morgan fingerprint density at radius 3 is 1.94 bits per heavy atom. The van der Waals surface area contributed by atoms with Crippen LogP contribution in [0.3, 0.4) is 0 Å². The van der Waals surface area contributed by atoms with Crippen LogP contribution in [0.1, 0.15) is 0 Å². The molecule has 1 aromatic rings. The molecule has 1 rings (SSSR count). The van der Waals surface area contributed by atoms with Gasteiger partial charge in [0.05, 0.1) is 0 Å². The van der Waals surface area contributed by atoms with Crippen molar-refractivity contribution < 1.29 is 99.6 Å². The summed E-state index contributed by atoms with van der Waals surface area (Å²) in [5, 5.41) is -10.0. The zero-order valence-corrected chi connectivity index (χ0v) is 16.7. The molecule has 0 heterocycles. The van der Waals surface area contributed by atoms with Crippen LogP contribution in [0.2, 0.25) is 0 Å². The third-order valence-electron chi connectivity index (χ3n) is 1.61. The summed E-state index contributed by atoms with van der Waals surface area (Å²) in [6, 6.07) is 3.28. The van der Waals surface area contributed by atoms with Crippen LogP contribution in [0.25, 0.3) is 0 Å². The van der Waals surface area contributed by atoms with Crippen LogP contribution in [-0.4, -0.2) is 19.3 Å². The third-order valence-corrected chi connectivity index (χ3v) is 3.43. The summed E-state index contributed by atoms with van der Waals surface area (Å²) in [6.45, 7) is 0. The van der Waals surface area contributed by atoms with Crippen LogP contribution in [0.5, 0.6) is 0 Å². The van der Waals surface area contributed by atoms with Gasteiger partial charge in [-0.1, -0.05) is 0 Å². The molecule has 0 N–H and O–H groups in total. The number of hydrogen-bond acceptors (Lipinski definition) is 3. The number of benzene rings is 1. The molecule has 96 valence electrons. The van der Waals surface area contributed by atoms with Gasteiger partial charge in [-0.3, -0.25) is 4.21 Å². The summed E-state index contributed by atoms with van der Waals surface area (Å²) in [4.78, 5) is -0.374. The molecule has 0 fully saturated rings. The van der Waals surface area contributed by atoms with Crippen molar-refractivity contribution in [2.75, 3.05) is 0 Å². The summed E-state index contributed by atoms with van der Waals surface area (Å²) in [5.74, 6) is -0.725. The number of thioether (sulfide) groups is 1. The van der Waals surface area contributed by atoms with Gasteiger partial charge in [-0.2, -0.15) is 17.6 Å². The van der Waals surface area contributed by atoms with Crippen LogP contribution in [0, 0.1) is 5.82 Å². The van der Waals surface area contributed by atoms with E-state index in [0.717, 1.165) is 24.3 Å². The summed E-state index contributed by atoms with van der Waals surface area (Å²) in [5.41, 5.74) is 0. The average Bonchev–Trinajstić information content (AvgIpc) is 2.20. The Bertz CT molecular complexity index is 426. The zero-order valence-electron chi connectivity index (χ0n) is 8.83. The second kappa shape index (κ2) is 7.41. The molecule has 10 heteroatoms. The van der Waals surface area contributed by atoms with Crippen molar-refractivity contribution in [1.82, 2.24) is 0 Å². The maximum atomic E-state index is 13.0. The average molecular weight is 424 g/mol. The summed E-state index contributed by atoms with van der Waals surface area (Å²) in [6.07, 6.45) is 0. The Kier molecular flexibility index (Phi) is 7.98. The molecule has 0 spiro atoms. The maximum Gasteiger partial charge on any atom is 1.00 e. The molecule has 18 heavy (non-hydrogen) atoms. The largest absolute Gasteiger partial charge is 1.00 e. The maximum absolute atomic E-state index is 13.0. The quantitative estimate of drug-likeness (QED) is 0.388. The van der Waals surface area contributed by atoms with Crippen molar-refractivity contribution in [3.63, 3.8) is 0 Å². The van der Waals surface area contributed by atoms with Crippen molar-refractivity contribution in [1.29, 1.82) is 0 Å². The Labute approximate surface area is 165 Å². The van der Waals surface area contributed by atoms with Crippen LogP contribution in [0.4, 0.5) is 22.0 Å². The summed E-state index contributed by atoms with van der Waals surface area (Å²) in [7, 11) is 0. The van der Waals surface area contributed by atoms with Crippen LogP contribution < -0.4 is 68.9 Å². The number of halogens is 5. The summed E-state index contributed by atoms with van der Waals surface area (Å²) >= 11 is -4.90. The molecule has 0 bridgehead atoms. The normalized spacial score (nSPS) is 13.9. The molecule has 0 aliphatic heterocycles. The van der Waals surface area contributed by atoms with E-state index in [2.05, 4.69) is 0 Å². The number of alkyl halides is 4. The summed E-state index contributed by atoms with van der Waals surface area (Å²) < 4.78 is 83.6. The topological polar surface area (TPSA) is 40.1 Å². The molecule has 0 saturated heterocycles. The van der Waals surface area contributed by atoms with Gasteiger partial charge in [0.1, 0.15) is 5.82 Å². The van der Waals surface area contributed by atoms with E-state index in [4.69, 9.17) is 0 Å². The van der Waals surface area contributed by atoms with Gasteiger partial charge in [0, 0.05) is 16.0 Å². The molecule has 2 nitrogen and oxygen atoms in total. The van der Waals surface area contributed by atoms with Gasteiger partial charge in [0.15, 0.2) is 0 Å². The Morgan fingerprint density at radius 1 is 1.11 bits per heavy atom. The minimum absolute atomic E-state index is 0. The fourth-order valence-electron chi connectivity index (χ4n) is 0.807. The Hall–Kier alpha value is 1.38. The van der Waals surface area contributed by atoms with Crippen molar-refractivity contribution in [2.45, 2.75) is 15.4 Å². The number of hydrogen-bond donors (Lipinski definition) is 0. The molecule has 0 saturated carbocycles. The monoisotopic (exact) mass is 424 g/mol. The minimum atomic E-state index is -5.20. The minimum Gasteiger partial charge on any atom is -0.768 e. The van der Waals surface area contributed by atoms with Crippen molar-refractivity contribution >= 4 is 22.8 Å². The van der Waals surface area contributed by atoms with Gasteiger partial charge in [-0.25, -0.2) is 4.39 Å². The zero-order chi connectivity index (χ0) is 13.3. The molecule has 1 aromatic carbocycles. The first-order valence-corrected chi connectivity index (χ1v) is 5.85. The van der Waals surface area contributed by atoms with Crippen LogP contribution in [0.15, 0.2) is 29.2 Å². The first-order chi connectivity index (χ1) is 7.67. The van der Waals surface area contributed by atoms with Crippen LogP contribution in [-0.2, 0) is 11.1 Å². The van der Waals surface area contributed by atoms with E-state index < -0.39 is 39.2 Å². The fourth-order valence-corrected chi connectivity index (χ4v) is 2.02. The molecule has 0 aromatic heterocycles.